The Kier molecular flexibility index (Phi) is 1.84. The second kappa shape index (κ2) is 2.84. The molecule has 1 heterocycles. The third-order valence-electron chi connectivity index (χ3n) is 2.95. The smallest absolute Gasteiger partial charge is 0.306 e. The number of esters is 1. The van der Waals surface area contributed by atoms with Crippen LogP contribution < -0.4 is 0 Å². The summed E-state index contributed by atoms with van der Waals surface area (Å²) in [5, 5.41) is 0. The molecule has 1 saturated heterocycles. The molecule has 0 spiro atoms. The van der Waals surface area contributed by atoms with E-state index in [9.17, 15) is 4.79 Å². The summed E-state index contributed by atoms with van der Waals surface area (Å²) in [5.41, 5.74) is 0. The Labute approximate surface area is 66.9 Å². The Hall–Kier alpha value is -0.530. The van der Waals surface area contributed by atoms with E-state index in [0.29, 0.717) is 24.9 Å². The molecule has 0 aromatic carbocycles. The lowest BCUT2D eigenvalue weighted by Crippen LogP contribution is -2.32. The molecular formula is C9H14O2. The van der Waals surface area contributed by atoms with Gasteiger partial charge in [-0.1, -0.05) is 12.8 Å². The maximum absolute atomic E-state index is 10.9. The average molecular weight is 154 g/mol. The minimum absolute atomic E-state index is 0.0214. The highest BCUT2D eigenvalue weighted by Gasteiger charge is 2.32. The molecule has 11 heavy (non-hydrogen) atoms. The Morgan fingerprint density at radius 1 is 1.18 bits per heavy atom. The van der Waals surface area contributed by atoms with Gasteiger partial charge >= 0.3 is 5.97 Å². The number of carbonyl (C=O) groups excluding carboxylic acids is 1. The molecule has 0 unspecified atom stereocenters. The normalized spacial score (nSPS) is 37.6. The van der Waals surface area contributed by atoms with E-state index < -0.39 is 0 Å². The van der Waals surface area contributed by atoms with Crippen molar-refractivity contribution < 1.29 is 9.53 Å². The van der Waals surface area contributed by atoms with Crippen LogP contribution in [0.3, 0.4) is 0 Å². The van der Waals surface area contributed by atoms with Gasteiger partial charge in [-0.2, -0.15) is 0 Å². The van der Waals surface area contributed by atoms with Crippen LogP contribution in [-0.4, -0.2) is 12.6 Å². The first-order valence-corrected chi connectivity index (χ1v) is 4.52. The van der Waals surface area contributed by atoms with E-state index in [2.05, 4.69) is 0 Å². The summed E-state index contributed by atoms with van der Waals surface area (Å²) in [6, 6.07) is 0. The third kappa shape index (κ3) is 1.39. The Balaban J connectivity index is 1.98. The monoisotopic (exact) mass is 154 g/mol. The predicted octanol–water partition coefficient (Wildman–Crippen LogP) is 1.74. The quantitative estimate of drug-likeness (QED) is 0.497. The van der Waals surface area contributed by atoms with Gasteiger partial charge in [0.1, 0.15) is 0 Å². The first-order chi connectivity index (χ1) is 5.36. The van der Waals surface area contributed by atoms with Gasteiger partial charge < -0.3 is 4.74 Å². The Morgan fingerprint density at radius 2 is 1.91 bits per heavy atom. The van der Waals surface area contributed by atoms with Crippen LogP contribution in [0.1, 0.15) is 32.1 Å². The van der Waals surface area contributed by atoms with E-state index in [4.69, 9.17) is 4.74 Å². The van der Waals surface area contributed by atoms with Gasteiger partial charge in [0.15, 0.2) is 0 Å². The second-order valence-electron chi connectivity index (χ2n) is 3.69. The molecule has 2 atom stereocenters. The predicted molar refractivity (Wildman–Crippen MR) is 41.0 cm³/mol. The van der Waals surface area contributed by atoms with Gasteiger partial charge in [-0.25, -0.2) is 0 Å². The topological polar surface area (TPSA) is 26.3 Å². The molecule has 0 amide bonds. The fourth-order valence-corrected chi connectivity index (χ4v) is 2.25. The van der Waals surface area contributed by atoms with Crippen molar-refractivity contribution in [3.8, 4) is 0 Å². The number of carbonyl (C=O) groups is 1. The van der Waals surface area contributed by atoms with Gasteiger partial charge in [0.25, 0.3) is 0 Å². The van der Waals surface area contributed by atoms with Gasteiger partial charge in [-0.3, -0.25) is 4.79 Å². The highest BCUT2D eigenvalue weighted by molar-refractivity contribution is 5.70. The molecule has 0 N–H and O–H groups in total. The minimum Gasteiger partial charge on any atom is -0.465 e. The molecule has 0 aromatic heterocycles. The van der Waals surface area contributed by atoms with Crippen molar-refractivity contribution in [3.05, 3.63) is 0 Å². The number of hydrogen-bond donors (Lipinski definition) is 0. The summed E-state index contributed by atoms with van der Waals surface area (Å²) < 4.78 is 5.01. The first-order valence-electron chi connectivity index (χ1n) is 4.52. The highest BCUT2D eigenvalue weighted by atomic mass is 16.5. The largest absolute Gasteiger partial charge is 0.465 e. The fourth-order valence-electron chi connectivity index (χ4n) is 2.25. The maximum atomic E-state index is 10.9. The third-order valence-corrected chi connectivity index (χ3v) is 2.95. The van der Waals surface area contributed by atoms with Gasteiger partial charge in [0.05, 0.1) is 6.61 Å². The Morgan fingerprint density at radius 3 is 2.73 bits per heavy atom. The molecule has 2 heteroatoms. The van der Waals surface area contributed by atoms with Gasteiger partial charge in [0.2, 0.25) is 0 Å². The number of cyclic esters (lactones) is 1. The SMILES string of the molecule is O=C1C[C@@H]2CCCC[C@@H]2CO1. The minimum atomic E-state index is 0.0214. The van der Waals surface area contributed by atoms with Crippen molar-refractivity contribution in [2.75, 3.05) is 6.61 Å². The van der Waals surface area contributed by atoms with Gasteiger partial charge in [0, 0.05) is 6.42 Å². The average Bonchev–Trinajstić information content (AvgIpc) is 2.04. The molecule has 1 saturated carbocycles. The molecule has 1 aliphatic heterocycles. The van der Waals surface area contributed by atoms with Crippen molar-refractivity contribution in [3.63, 3.8) is 0 Å². The number of hydrogen-bond acceptors (Lipinski definition) is 2. The van der Waals surface area contributed by atoms with Crippen LogP contribution in [0, 0.1) is 11.8 Å². The van der Waals surface area contributed by atoms with Crippen molar-refractivity contribution >= 4 is 5.97 Å². The zero-order chi connectivity index (χ0) is 7.68. The lowest BCUT2D eigenvalue weighted by atomic mass is 9.77. The molecule has 0 bridgehead atoms. The van der Waals surface area contributed by atoms with E-state index in [1.54, 1.807) is 0 Å². The summed E-state index contributed by atoms with van der Waals surface area (Å²) in [5.74, 6) is 1.37. The number of rotatable bonds is 0. The lowest BCUT2D eigenvalue weighted by molar-refractivity contribution is -0.154. The van der Waals surface area contributed by atoms with E-state index in [-0.39, 0.29) is 5.97 Å². The molecule has 0 radical (unpaired) electrons. The van der Waals surface area contributed by atoms with E-state index >= 15 is 0 Å². The van der Waals surface area contributed by atoms with Crippen LogP contribution in [0.4, 0.5) is 0 Å². The van der Waals surface area contributed by atoms with Crippen LogP contribution in [0.25, 0.3) is 0 Å². The number of ether oxygens (including phenoxy) is 1. The molecular weight excluding hydrogens is 140 g/mol. The van der Waals surface area contributed by atoms with Crippen LogP contribution in [0.15, 0.2) is 0 Å². The first kappa shape index (κ1) is 7.14. The van der Waals surface area contributed by atoms with Gasteiger partial charge in [-0.15, -0.1) is 0 Å². The molecule has 2 aliphatic rings. The van der Waals surface area contributed by atoms with Crippen molar-refractivity contribution in [2.24, 2.45) is 11.8 Å². The molecule has 62 valence electrons. The standard InChI is InChI=1S/C9H14O2/c10-9-5-7-3-1-2-4-8(7)6-11-9/h7-8H,1-6H2/t7-,8+/m0/s1. The summed E-state index contributed by atoms with van der Waals surface area (Å²) >= 11 is 0. The van der Waals surface area contributed by atoms with Crippen molar-refractivity contribution in [1.82, 2.24) is 0 Å². The van der Waals surface area contributed by atoms with E-state index in [0.717, 1.165) is 0 Å². The lowest BCUT2D eigenvalue weighted by Gasteiger charge is -2.34. The van der Waals surface area contributed by atoms with Crippen molar-refractivity contribution in [2.45, 2.75) is 32.1 Å². The number of fused-ring (bicyclic) bond motifs is 1. The fraction of sp³-hybridized carbons (Fsp3) is 0.889. The summed E-state index contributed by atoms with van der Waals surface area (Å²) in [6.45, 7) is 0.698. The summed E-state index contributed by atoms with van der Waals surface area (Å²) in [7, 11) is 0. The summed E-state index contributed by atoms with van der Waals surface area (Å²) in [6.07, 6.45) is 5.86. The van der Waals surface area contributed by atoms with Crippen LogP contribution >= 0.6 is 0 Å². The molecule has 2 fully saturated rings. The maximum Gasteiger partial charge on any atom is 0.306 e. The van der Waals surface area contributed by atoms with Crippen molar-refractivity contribution in [1.29, 1.82) is 0 Å². The van der Waals surface area contributed by atoms with Crippen LogP contribution in [0.2, 0.25) is 0 Å². The van der Waals surface area contributed by atoms with Crippen LogP contribution in [0.5, 0.6) is 0 Å². The van der Waals surface area contributed by atoms with E-state index in [1.807, 2.05) is 0 Å². The second-order valence-corrected chi connectivity index (χ2v) is 3.69. The zero-order valence-corrected chi connectivity index (χ0v) is 6.71. The molecule has 2 nitrogen and oxygen atoms in total. The van der Waals surface area contributed by atoms with Gasteiger partial charge in [-0.05, 0) is 24.7 Å². The van der Waals surface area contributed by atoms with E-state index in [1.165, 1.54) is 25.7 Å². The molecule has 0 aromatic rings. The molecule has 2 rings (SSSR count). The molecule has 1 aliphatic carbocycles. The van der Waals surface area contributed by atoms with Crippen LogP contribution in [-0.2, 0) is 9.53 Å². The zero-order valence-electron chi connectivity index (χ0n) is 6.71. The Bertz CT molecular complexity index is 165. The highest BCUT2D eigenvalue weighted by Crippen LogP contribution is 2.35. The summed E-state index contributed by atoms with van der Waals surface area (Å²) in [4.78, 5) is 10.9.